The Hall–Kier alpha value is -1.91. The third kappa shape index (κ3) is 3.30. The molecule has 0 radical (unpaired) electrons. The van der Waals surface area contributed by atoms with Crippen molar-refractivity contribution in [3.63, 3.8) is 0 Å². The summed E-state index contributed by atoms with van der Waals surface area (Å²) in [5.41, 5.74) is 0.773. The molecule has 0 saturated heterocycles. The van der Waals surface area contributed by atoms with Crippen molar-refractivity contribution >= 4 is 23.3 Å². The summed E-state index contributed by atoms with van der Waals surface area (Å²) in [6.07, 6.45) is 0.866. The third-order valence-corrected chi connectivity index (χ3v) is 2.88. The highest BCUT2D eigenvalue weighted by Crippen LogP contribution is 2.22. The summed E-state index contributed by atoms with van der Waals surface area (Å²) < 4.78 is 5.23. The number of nitrogens with zero attached hydrogens (tertiary/aromatic N) is 1. The van der Waals surface area contributed by atoms with Gasteiger partial charge in [0.1, 0.15) is 0 Å². The molecule has 0 saturated carbocycles. The van der Waals surface area contributed by atoms with Crippen LogP contribution in [0, 0.1) is 0 Å². The highest BCUT2D eigenvalue weighted by Gasteiger charge is 2.20. The molecule has 1 unspecified atom stereocenters. The van der Waals surface area contributed by atoms with E-state index in [0.717, 1.165) is 5.56 Å². The van der Waals surface area contributed by atoms with Crippen molar-refractivity contribution in [1.29, 1.82) is 0 Å². The molecule has 19 heavy (non-hydrogen) atoms. The van der Waals surface area contributed by atoms with Gasteiger partial charge >= 0.3 is 0 Å². The molecule has 4 nitrogen and oxygen atoms in total. The van der Waals surface area contributed by atoms with E-state index in [1.807, 2.05) is 30.3 Å². The number of methoxy groups -OCH3 is 1. The number of anilines is 1. The number of ether oxygens (including phenoxy) is 1. The molecular formula is C14H13ClN2O2. The fourth-order valence-electron chi connectivity index (χ4n) is 1.68. The Morgan fingerprint density at radius 1 is 1.26 bits per heavy atom. The van der Waals surface area contributed by atoms with Gasteiger partial charge in [-0.05, 0) is 17.7 Å². The summed E-state index contributed by atoms with van der Waals surface area (Å²) in [5.74, 6) is 0.0152. The van der Waals surface area contributed by atoms with Crippen LogP contribution in [0.1, 0.15) is 11.7 Å². The fourth-order valence-corrected chi connectivity index (χ4v) is 1.85. The summed E-state index contributed by atoms with van der Waals surface area (Å²) in [6, 6.07) is 12.6. The maximum atomic E-state index is 12.2. The number of hydrogen-bond acceptors (Lipinski definition) is 3. The van der Waals surface area contributed by atoms with E-state index in [4.69, 9.17) is 16.3 Å². The normalized spacial score (nSPS) is 11.9. The van der Waals surface area contributed by atoms with Crippen molar-refractivity contribution in [3.8, 4) is 0 Å². The van der Waals surface area contributed by atoms with Crippen molar-refractivity contribution < 1.29 is 9.53 Å². The predicted molar refractivity (Wildman–Crippen MR) is 74.1 cm³/mol. The van der Waals surface area contributed by atoms with Crippen LogP contribution in [-0.4, -0.2) is 18.0 Å². The minimum Gasteiger partial charge on any atom is -0.367 e. The first-order valence-corrected chi connectivity index (χ1v) is 6.09. The standard InChI is InChI=1S/C14H13ClN2O2/c1-19-12(10-6-3-2-4-7-10)14(18)17-13-11(15)8-5-9-16-13/h2-9,12H,1H3,(H,16,17,18). The van der Waals surface area contributed by atoms with Gasteiger partial charge in [-0.25, -0.2) is 4.98 Å². The Kier molecular flexibility index (Phi) is 4.49. The molecule has 5 heteroatoms. The Morgan fingerprint density at radius 3 is 2.63 bits per heavy atom. The first kappa shape index (κ1) is 13.5. The van der Waals surface area contributed by atoms with Gasteiger partial charge in [0.05, 0.1) is 5.02 Å². The first-order chi connectivity index (χ1) is 9.22. The SMILES string of the molecule is COC(C(=O)Nc1ncccc1Cl)c1ccccc1. The Balaban J connectivity index is 2.17. The number of halogens is 1. The second-order valence-corrected chi connectivity index (χ2v) is 4.26. The van der Waals surface area contributed by atoms with Crippen molar-refractivity contribution in [1.82, 2.24) is 4.98 Å². The Bertz CT molecular complexity index is 560. The number of amides is 1. The zero-order chi connectivity index (χ0) is 13.7. The van der Waals surface area contributed by atoms with Gasteiger partial charge in [0, 0.05) is 13.3 Å². The van der Waals surface area contributed by atoms with Crippen LogP contribution in [0.25, 0.3) is 0 Å². The average Bonchev–Trinajstić information content (AvgIpc) is 2.43. The summed E-state index contributed by atoms with van der Waals surface area (Å²) in [4.78, 5) is 16.2. The van der Waals surface area contributed by atoms with E-state index < -0.39 is 6.10 Å². The van der Waals surface area contributed by atoms with E-state index in [2.05, 4.69) is 10.3 Å². The number of rotatable bonds is 4. The lowest BCUT2D eigenvalue weighted by atomic mass is 10.1. The molecule has 1 atom stereocenters. The van der Waals surface area contributed by atoms with Gasteiger partial charge < -0.3 is 10.1 Å². The maximum Gasteiger partial charge on any atom is 0.259 e. The van der Waals surface area contributed by atoms with E-state index in [-0.39, 0.29) is 5.91 Å². The largest absolute Gasteiger partial charge is 0.367 e. The van der Waals surface area contributed by atoms with Crippen LogP contribution in [0.5, 0.6) is 0 Å². The zero-order valence-electron chi connectivity index (χ0n) is 10.3. The van der Waals surface area contributed by atoms with E-state index in [1.165, 1.54) is 7.11 Å². The number of benzene rings is 1. The lowest BCUT2D eigenvalue weighted by molar-refractivity contribution is -0.126. The molecule has 98 valence electrons. The molecule has 1 aromatic carbocycles. The van der Waals surface area contributed by atoms with Gasteiger partial charge in [-0.3, -0.25) is 4.79 Å². The number of carbonyl (C=O) groups is 1. The number of pyridine rings is 1. The molecule has 0 bridgehead atoms. The summed E-state index contributed by atoms with van der Waals surface area (Å²) in [7, 11) is 1.48. The minimum absolute atomic E-state index is 0.311. The highest BCUT2D eigenvalue weighted by atomic mass is 35.5. The minimum atomic E-state index is -0.695. The smallest absolute Gasteiger partial charge is 0.259 e. The van der Waals surface area contributed by atoms with Crippen molar-refractivity contribution in [3.05, 3.63) is 59.2 Å². The predicted octanol–water partition coefficient (Wildman–Crippen LogP) is 3.06. The molecule has 1 N–H and O–H groups in total. The molecular weight excluding hydrogens is 264 g/mol. The molecule has 0 aliphatic heterocycles. The van der Waals surface area contributed by atoms with Crippen LogP contribution in [0.15, 0.2) is 48.7 Å². The topological polar surface area (TPSA) is 51.2 Å². The van der Waals surface area contributed by atoms with Crippen LogP contribution in [0.4, 0.5) is 5.82 Å². The molecule has 2 aromatic rings. The zero-order valence-corrected chi connectivity index (χ0v) is 11.1. The molecule has 1 amide bonds. The monoisotopic (exact) mass is 276 g/mol. The van der Waals surface area contributed by atoms with E-state index in [0.29, 0.717) is 10.8 Å². The molecule has 1 heterocycles. The van der Waals surface area contributed by atoms with Crippen molar-refractivity contribution in [2.24, 2.45) is 0 Å². The Labute approximate surface area is 116 Å². The average molecular weight is 277 g/mol. The number of aromatic nitrogens is 1. The van der Waals surface area contributed by atoms with Crippen LogP contribution in [0.3, 0.4) is 0 Å². The number of carbonyl (C=O) groups excluding carboxylic acids is 1. The summed E-state index contributed by atoms with van der Waals surface area (Å²) >= 11 is 5.94. The van der Waals surface area contributed by atoms with E-state index in [1.54, 1.807) is 18.3 Å². The van der Waals surface area contributed by atoms with E-state index >= 15 is 0 Å². The van der Waals surface area contributed by atoms with Gasteiger partial charge in [-0.2, -0.15) is 0 Å². The maximum absolute atomic E-state index is 12.2. The van der Waals surface area contributed by atoms with Crippen molar-refractivity contribution in [2.75, 3.05) is 12.4 Å². The lowest BCUT2D eigenvalue weighted by Gasteiger charge is -2.15. The van der Waals surface area contributed by atoms with Gasteiger partial charge in [-0.1, -0.05) is 41.9 Å². The number of hydrogen-bond donors (Lipinski definition) is 1. The molecule has 0 fully saturated rings. The van der Waals surface area contributed by atoms with Crippen molar-refractivity contribution in [2.45, 2.75) is 6.10 Å². The van der Waals surface area contributed by atoms with Gasteiger partial charge in [-0.15, -0.1) is 0 Å². The van der Waals surface area contributed by atoms with Crippen LogP contribution >= 0.6 is 11.6 Å². The molecule has 1 aromatic heterocycles. The van der Waals surface area contributed by atoms with Crippen LogP contribution < -0.4 is 5.32 Å². The molecule has 2 rings (SSSR count). The summed E-state index contributed by atoms with van der Waals surface area (Å²) in [5, 5.41) is 3.04. The highest BCUT2D eigenvalue weighted by molar-refractivity contribution is 6.33. The van der Waals surface area contributed by atoms with Crippen LogP contribution in [0.2, 0.25) is 5.02 Å². The van der Waals surface area contributed by atoms with E-state index in [9.17, 15) is 4.79 Å². The van der Waals surface area contributed by atoms with Gasteiger partial charge in [0.15, 0.2) is 11.9 Å². The van der Waals surface area contributed by atoms with Gasteiger partial charge in [0.25, 0.3) is 5.91 Å². The number of nitrogens with one attached hydrogen (secondary N) is 1. The molecule has 0 spiro atoms. The second kappa shape index (κ2) is 6.31. The van der Waals surface area contributed by atoms with Crippen LogP contribution in [-0.2, 0) is 9.53 Å². The quantitative estimate of drug-likeness (QED) is 0.934. The third-order valence-electron chi connectivity index (χ3n) is 2.58. The molecule has 0 aliphatic rings. The Morgan fingerprint density at radius 2 is 2.00 bits per heavy atom. The van der Waals surface area contributed by atoms with Gasteiger partial charge in [0.2, 0.25) is 0 Å². The lowest BCUT2D eigenvalue weighted by Crippen LogP contribution is -2.23. The summed E-state index contributed by atoms with van der Waals surface area (Å²) in [6.45, 7) is 0. The molecule has 0 aliphatic carbocycles. The second-order valence-electron chi connectivity index (χ2n) is 3.85. The fraction of sp³-hybridized carbons (Fsp3) is 0.143. The first-order valence-electron chi connectivity index (χ1n) is 5.71.